The third-order valence-electron chi connectivity index (χ3n) is 9.58. The molecular weight excluding hydrogens is 616 g/mol. The molecule has 4 bridgehead atoms. The van der Waals surface area contributed by atoms with Crippen molar-refractivity contribution in [3.8, 4) is 11.5 Å². The number of hydrogen-bond donors (Lipinski definition) is 0. The van der Waals surface area contributed by atoms with Gasteiger partial charge >= 0.3 is 0 Å². The molecule has 9 heteroatoms. The minimum atomic E-state index is -3.78. The first-order valence-corrected chi connectivity index (χ1v) is 18.1. The lowest BCUT2D eigenvalue weighted by molar-refractivity contribution is 0.0279. The van der Waals surface area contributed by atoms with Gasteiger partial charge in [-0.25, -0.2) is 0 Å². The molecule has 3 aromatic rings. The highest BCUT2D eigenvalue weighted by Gasteiger charge is 2.46. The Kier molecular flexibility index (Phi) is 11.3. The number of methoxy groups -OCH3 is 1. The summed E-state index contributed by atoms with van der Waals surface area (Å²) < 4.78 is 57.3. The van der Waals surface area contributed by atoms with Gasteiger partial charge in [0.05, 0.1) is 37.9 Å². The zero-order valence-electron chi connectivity index (χ0n) is 27.4. The van der Waals surface area contributed by atoms with Crippen LogP contribution in [-0.4, -0.2) is 62.0 Å². The molecule has 0 atom stereocenters. The summed E-state index contributed by atoms with van der Waals surface area (Å²) in [5.41, 5.74) is 6.49. The van der Waals surface area contributed by atoms with E-state index < -0.39 is 10.1 Å². The van der Waals surface area contributed by atoms with Gasteiger partial charge in [0.2, 0.25) is 0 Å². The van der Waals surface area contributed by atoms with Crippen LogP contribution in [0.3, 0.4) is 0 Å². The van der Waals surface area contributed by atoms with E-state index in [1.165, 1.54) is 60.9 Å². The summed E-state index contributed by atoms with van der Waals surface area (Å²) in [6.45, 7) is 3.79. The predicted molar refractivity (Wildman–Crippen MR) is 180 cm³/mol. The summed E-state index contributed by atoms with van der Waals surface area (Å²) in [4.78, 5) is 0.139. The smallest absolute Gasteiger partial charge is 0.297 e. The number of aryl methyl sites for hydroxylation is 1. The molecule has 8 nitrogen and oxygen atoms in total. The first kappa shape index (κ1) is 33.7. The molecule has 0 heterocycles. The van der Waals surface area contributed by atoms with E-state index in [9.17, 15) is 8.42 Å². The van der Waals surface area contributed by atoms with E-state index in [0.717, 1.165) is 28.9 Å². The average molecular weight is 663 g/mol. The van der Waals surface area contributed by atoms with Gasteiger partial charge in [-0.1, -0.05) is 47.5 Å². The Labute approximate surface area is 279 Å². The topological polar surface area (TPSA) is 89.5 Å². The first-order valence-electron chi connectivity index (χ1n) is 16.7. The molecule has 7 rings (SSSR count). The standard InChI is InChI=1S/C38H46O8S/c1-27-3-13-36(14-4-27)47(39,40)46-20-18-43-16-15-42-17-19-44-34-9-5-30(6-10-34)37(31-7-11-35(12-8-31)45-26-41-2)38-32-22-28-21-29(24-32)25-33(38)23-28/h3-14,28-29,32-33H,15-26H2,1-2H3. The number of ether oxygens (including phenoxy) is 5. The summed E-state index contributed by atoms with van der Waals surface area (Å²) in [6.07, 6.45) is 6.75. The van der Waals surface area contributed by atoms with Crippen LogP contribution >= 0.6 is 0 Å². The van der Waals surface area contributed by atoms with Gasteiger partial charge in [-0.15, -0.1) is 0 Å². The summed E-state index contributed by atoms with van der Waals surface area (Å²) >= 11 is 0. The molecule has 252 valence electrons. The zero-order valence-corrected chi connectivity index (χ0v) is 28.2. The number of allylic oxidation sites excluding steroid dienone is 1. The number of benzene rings is 3. The van der Waals surface area contributed by atoms with E-state index >= 15 is 0 Å². The van der Waals surface area contributed by atoms with Gasteiger partial charge in [-0.3, -0.25) is 4.18 Å². The zero-order chi connectivity index (χ0) is 32.6. The second-order valence-electron chi connectivity index (χ2n) is 12.9. The second-order valence-corrected chi connectivity index (χ2v) is 14.5. The highest BCUT2D eigenvalue weighted by Crippen LogP contribution is 2.58. The van der Waals surface area contributed by atoms with Gasteiger partial charge in [-0.05, 0) is 116 Å². The molecule has 0 spiro atoms. The normalized spacial score (nSPS) is 21.6. The number of rotatable bonds is 17. The molecule has 47 heavy (non-hydrogen) atoms. The van der Waals surface area contributed by atoms with Crippen LogP contribution < -0.4 is 9.47 Å². The van der Waals surface area contributed by atoms with Crippen LogP contribution in [0.1, 0.15) is 48.8 Å². The van der Waals surface area contributed by atoms with Crippen LogP contribution in [0, 0.1) is 30.6 Å². The fourth-order valence-corrected chi connectivity index (χ4v) is 8.57. The second kappa shape index (κ2) is 15.8. The highest BCUT2D eigenvalue weighted by atomic mass is 32.2. The summed E-state index contributed by atoms with van der Waals surface area (Å²) in [5.74, 6) is 4.78. The van der Waals surface area contributed by atoms with E-state index in [1.807, 2.05) is 19.1 Å². The van der Waals surface area contributed by atoms with Crippen molar-refractivity contribution in [2.75, 3.05) is 53.5 Å². The first-order chi connectivity index (χ1) is 22.9. The molecule has 4 aliphatic carbocycles. The van der Waals surface area contributed by atoms with Crippen molar-refractivity contribution in [1.29, 1.82) is 0 Å². The van der Waals surface area contributed by atoms with Crippen LogP contribution in [0.2, 0.25) is 0 Å². The van der Waals surface area contributed by atoms with Crippen LogP contribution in [-0.2, 0) is 28.5 Å². The molecule has 0 aromatic heterocycles. The van der Waals surface area contributed by atoms with Gasteiger partial charge in [0.1, 0.15) is 18.1 Å². The molecule has 0 aliphatic heterocycles. The van der Waals surface area contributed by atoms with Gasteiger partial charge in [-0.2, -0.15) is 8.42 Å². The molecule has 0 amide bonds. The van der Waals surface area contributed by atoms with Crippen LogP contribution in [0.4, 0.5) is 0 Å². The van der Waals surface area contributed by atoms with Crippen molar-refractivity contribution in [3.63, 3.8) is 0 Å². The Morgan fingerprint density at radius 3 is 1.70 bits per heavy atom. The molecule has 4 aliphatic rings. The molecule has 4 saturated carbocycles. The third-order valence-corrected chi connectivity index (χ3v) is 10.9. The van der Waals surface area contributed by atoms with Crippen LogP contribution in [0.15, 0.2) is 83.3 Å². The SMILES string of the molecule is COCOc1ccc(C(=C2C3CC4CC(C3)CC2C4)c2ccc(OCCOCCOCCOS(=O)(=O)c3ccc(C)cc3)cc2)cc1. The quantitative estimate of drug-likeness (QED) is 0.0863. The van der Waals surface area contributed by atoms with Gasteiger partial charge in [0.25, 0.3) is 10.1 Å². The Morgan fingerprint density at radius 2 is 1.15 bits per heavy atom. The van der Waals surface area contributed by atoms with E-state index in [1.54, 1.807) is 24.8 Å². The summed E-state index contributed by atoms with van der Waals surface area (Å²) in [7, 11) is -2.15. The van der Waals surface area contributed by atoms with Gasteiger partial charge in [0.15, 0.2) is 6.79 Å². The van der Waals surface area contributed by atoms with Crippen molar-refractivity contribution in [3.05, 3.63) is 95.1 Å². The maximum atomic E-state index is 12.2. The molecule has 4 fully saturated rings. The largest absolute Gasteiger partial charge is 0.491 e. The molecule has 0 radical (unpaired) electrons. The Morgan fingerprint density at radius 1 is 0.638 bits per heavy atom. The summed E-state index contributed by atoms with van der Waals surface area (Å²) in [6, 6.07) is 23.5. The molecule has 3 aromatic carbocycles. The fourth-order valence-electron chi connectivity index (χ4n) is 7.68. The molecule has 0 saturated heterocycles. The molecule has 0 unspecified atom stereocenters. The molecular formula is C38H46O8S. The van der Waals surface area contributed by atoms with Crippen LogP contribution in [0.25, 0.3) is 5.57 Å². The van der Waals surface area contributed by atoms with Gasteiger partial charge in [0, 0.05) is 7.11 Å². The lowest BCUT2D eigenvalue weighted by Gasteiger charge is -2.52. The Bertz CT molecular complexity index is 1550. The monoisotopic (exact) mass is 662 g/mol. The minimum Gasteiger partial charge on any atom is -0.491 e. The third kappa shape index (κ3) is 8.64. The molecule has 0 N–H and O–H groups in total. The van der Waals surface area contributed by atoms with E-state index in [2.05, 4.69) is 36.4 Å². The lowest BCUT2D eigenvalue weighted by Crippen LogP contribution is -2.40. The van der Waals surface area contributed by atoms with Crippen molar-refractivity contribution in [2.24, 2.45) is 23.7 Å². The van der Waals surface area contributed by atoms with Crippen molar-refractivity contribution in [1.82, 2.24) is 0 Å². The maximum Gasteiger partial charge on any atom is 0.297 e. The maximum absolute atomic E-state index is 12.2. The van der Waals surface area contributed by atoms with Gasteiger partial charge < -0.3 is 23.7 Å². The summed E-state index contributed by atoms with van der Waals surface area (Å²) in [5, 5.41) is 0. The van der Waals surface area contributed by atoms with E-state index in [0.29, 0.717) is 38.3 Å². The van der Waals surface area contributed by atoms with E-state index in [4.69, 9.17) is 27.9 Å². The van der Waals surface area contributed by atoms with Crippen LogP contribution in [0.5, 0.6) is 11.5 Å². The highest BCUT2D eigenvalue weighted by molar-refractivity contribution is 7.86. The average Bonchev–Trinajstić information content (AvgIpc) is 3.07. The Hall–Kier alpha value is -3.21. The fraction of sp³-hybridized carbons (Fsp3) is 0.474. The van der Waals surface area contributed by atoms with E-state index in [-0.39, 0.29) is 24.9 Å². The Balaban J connectivity index is 0.972. The minimum absolute atomic E-state index is 0.0514. The van der Waals surface area contributed by atoms with Crippen molar-refractivity contribution in [2.45, 2.75) is 43.9 Å². The number of hydrogen-bond acceptors (Lipinski definition) is 8. The van der Waals surface area contributed by atoms with Crippen molar-refractivity contribution < 1.29 is 36.3 Å². The van der Waals surface area contributed by atoms with Crippen molar-refractivity contribution >= 4 is 15.7 Å². The predicted octanol–water partition coefficient (Wildman–Crippen LogP) is 7.05. The lowest BCUT2D eigenvalue weighted by atomic mass is 9.53.